The van der Waals surface area contributed by atoms with Crippen molar-refractivity contribution >= 4 is 11.8 Å². The molecule has 2 aliphatic heterocycles. The Labute approximate surface area is 134 Å². The molecule has 2 aliphatic rings. The second-order valence-electron chi connectivity index (χ2n) is 6.23. The van der Waals surface area contributed by atoms with Crippen molar-refractivity contribution in [3.63, 3.8) is 0 Å². The van der Waals surface area contributed by atoms with Gasteiger partial charge in [-0.1, -0.05) is 0 Å². The topological polar surface area (TPSA) is 40.6 Å². The highest BCUT2D eigenvalue weighted by Gasteiger charge is 2.31. The number of halogens is 2. The van der Waals surface area contributed by atoms with Crippen molar-refractivity contribution in [3.8, 4) is 0 Å². The van der Waals surface area contributed by atoms with E-state index < -0.39 is 11.6 Å². The second-order valence-corrected chi connectivity index (χ2v) is 6.23. The van der Waals surface area contributed by atoms with Crippen LogP contribution in [0.2, 0.25) is 0 Å². The van der Waals surface area contributed by atoms with Crippen LogP contribution in [0.3, 0.4) is 0 Å². The van der Waals surface area contributed by atoms with Crippen molar-refractivity contribution in [1.29, 1.82) is 0 Å². The molecule has 0 atom stereocenters. The Morgan fingerprint density at radius 1 is 0.913 bits per heavy atom. The van der Waals surface area contributed by atoms with Gasteiger partial charge >= 0.3 is 0 Å². The number of benzene rings is 1. The lowest BCUT2D eigenvalue weighted by atomic mass is 9.95. The minimum absolute atomic E-state index is 0.0258. The third kappa shape index (κ3) is 3.35. The second kappa shape index (κ2) is 6.64. The summed E-state index contributed by atoms with van der Waals surface area (Å²) in [5.74, 6) is -2.12. The fourth-order valence-corrected chi connectivity index (χ4v) is 3.34. The van der Waals surface area contributed by atoms with Gasteiger partial charge in [0.05, 0.1) is 0 Å². The summed E-state index contributed by atoms with van der Waals surface area (Å²) in [6, 6.07) is 3.19. The molecule has 0 aromatic heterocycles. The summed E-state index contributed by atoms with van der Waals surface area (Å²) < 4.78 is 26.2. The Bertz CT molecular complexity index is 607. The van der Waals surface area contributed by atoms with Crippen LogP contribution in [0, 0.1) is 17.6 Å². The summed E-state index contributed by atoms with van der Waals surface area (Å²) in [6.45, 7) is 2.63. The van der Waals surface area contributed by atoms with Crippen LogP contribution in [-0.4, -0.2) is 47.8 Å². The molecule has 1 aromatic rings. The molecule has 0 unspecified atom stereocenters. The summed E-state index contributed by atoms with van der Waals surface area (Å²) in [5.41, 5.74) is 0.146. The van der Waals surface area contributed by atoms with Crippen molar-refractivity contribution in [1.82, 2.24) is 9.80 Å². The Balaban J connectivity index is 1.58. The lowest BCUT2D eigenvalue weighted by Crippen LogP contribution is -2.43. The summed E-state index contributed by atoms with van der Waals surface area (Å²) in [7, 11) is 0. The molecule has 0 radical (unpaired) electrons. The summed E-state index contributed by atoms with van der Waals surface area (Å²) in [6.07, 6.45) is 3.40. The Morgan fingerprint density at radius 2 is 1.57 bits per heavy atom. The van der Waals surface area contributed by atoms with E-state index in [1.807, 2.05) is 4.90 Å². The molecule has 23 heavy (non-hydrogen) atoms. The zero-order valence-electron chi connectivity index (χ0n) is 12.9. The fourth-order valence-electron chi connectivity index (χ4n) is 3.34. The highest BCUT2D eigenvalue weighted by molar-refractivity contribution is 5.94. The quantitative estimate of drug-likeness (QED) is 0.839. The molecule has 0 saturated carbocycles. The number of nitrogens with zero attached hydrogens (tertiary/aromatic N) is 2. The van der Waals surface area contributed by atoms with Gasteiger partial charge < -0.3 is 9.80 Å². The maximum Gasteiger partial charge on any atom is 0.253 e. The van der Waals surface area contributed by atoms with E-state index in [1.165, 1.54) is 6.07 Å². The Morgan fingerprint density at radius 3 is 2.17 bits per heavy atom. The zero-order chi connectivity index (χ0) is 16.4. The van der Waals surface area contributed by atoms with Crippen molar-refractivity contribution < 1.29 is 18.4 Å². The monoisotopic (exact) mass is 322 g/mol. The molecule has 2 heterocycles. The molecule has 2 fully saturated rings. The average molecular weight is 322 g/mol. The number of rotatable bonds is 2. The number of amides is 2. The van der Waals surface area contributed by atoms with Crippen LogP contribution in [-0.2, 0) is 4.79 Å². The number of carbonyl (C=O) groups excluding carboxylic acids is 2. The first-order chi connectivity index (χ1) is 11.1. The first-order valence-corrected chi connectivity index (χ1v) is 8.09. The molecule has 0 spiro atoms. The fraction of sp³-hybridized carbons (Fsp3) is 0.529. The van der Waals surface area contributed by atoms with E-state index in [-0.39, 0.29) is 23.3 Å². The average Bonchev–Trinajstić information content (AvgIpc) is 3.11. The number of carbonyl (C=O) groups is 2. The molecule has 6 heteroatoms. The standard InChI is InChI=1S/C17H20F2N2O2/c18-14-4-3-13(11-15(14)19)17(23)21-9-5-12(6-10-21)16(22)20-7-1-2-8-20/h3-4,11-12H,1-2,5-10H2. The van der Waals surface area contributed by atoms with Gasteiger partial charge in [0.2, 0.25) is 5.91 Å². The van der Waals surface area contributed by atoms with E-state index in [2.05, 4.69) is 0 Å². The molecule has 1 aromatic carbocycles. The van der Waals surface area contributed by atoms with Crippen LogP contribution in [0.25, 0.3) is 0 Å². The molecule has 0 bridgehead atoms. The van der Waals surface area contributed by atoms with E-state index in [0.717, 1.165) is 38.1 Å². The zero-order valence-corrected chi connectivity index (χ0v) is 12.9. The van der Waals surface area contributed by atoms with E-state index in [4.69, 9.17) is 0 Å². The number of piperidine rings is 1. The normalized spacial score (nSPS) is 19.2. The minimum atomic E-state index is -1.02. The van der Waals surface area contributed by atoms with Crippen LogP contribution < -0.4 is 0 Å². The van der Waals surface area contributed by atoms with Gasteiger partial charge in [-0.2, -0.15) is 0 Å². The van der Waals surface area contributed by atoms with Gasteiger partial charge in [-0.25, -0.2) is 8.78 Å². The summed E-state index contributed by atoms with van der Waals surface area (Å²) in [5, 5.41) is 0. The van der Waals surface area contributed by atoms with Crippen molar-refractivity contribution in [2.75, 3.05) is 26.2 Å². The lowest BCUT2D eigenvalue weighted by molar-refractivity contribution is -0.135. The van der Waals surface area contributed by atoms with Gasteiger partial charge in [-0.3, -0.25) is 9.59 Å². The molecule has 0 aliphatic carbocycles. The Hall–Kier alpha value is -1.98. The largest absolute Gasteiger partial charge is 0.342 e. The van der Waals surface area contributed by atoms with Gasteiger partial charge in [0, 0.05) is 37.7 Å². The van der Waals surface area contributed by atoms with Crippen LogP contribution in [0.1, 0.15) is 36.0 Å². The number of likely N-dealkylation sites (tertiary alicyclic amines) is 2. The van der Waals surface area contributed by atoms with Crippen molar-refractivity contribution in [2.45, 2.75) is 25.7 Å². The highest BCUT2D eigenvalue weighted by Crippen LogP contribution is 2.23. The first-order valence-electron chi connectivity index (χ1n) is 8.09. The van der Waals surface area contributed by atoms with Crippen LogP contribution in [0.4, 0.5) is 8.78 Å². The predicted octanol–water partition coefficient (Wildman–Crippen LogP) is 2.44. The van der Waals surface area contributed by atoms with Gasteiger partial charge in [-0.05, 0) is 43.9 Å². The molecule has 124 valence electrons. The van der Waals surface area contributed by atoms with Gasteiger partial charge in [0.25, 0.3) is 5.91 Å². The van der Waals surface area contributed by atoms with E-state index in [0.29, 0.717) is 25.9 Å². The van der Waals surface area contributed by atoms with Crippen LogP contribution >= 0.6 is 0 Å². The molecule has 0 N–H and O–H groups in total. The van der Waals surface area contributed by atoms with E-state index in [1.54, 1.807) is 4.90 Å². The number of hydrogen-bond acceptors (Lipinski definition) is 2. The molecule has 2 amide bonds. The maximum absolute atomic E-state index is 13.3. The van der Waals surface area contributed by atoms with E-state index >= 15 is 0 Å². The summed E-state index contributed by atoms with van der Waals surface area (Å²) in [4.78, 5) is 28.2. The number of hydrogen-bond donors (Lipinski definition) is 0. The predicted molar refractivity (Wildman–Crippen MR) is 80.8 cm³/mol. The van der Waals surface area contributed by atoms with Gasteiger partial charge in [-0.15, -0.1) is 0 Å². The molecule has 4 nitrogen and oxygen atoms in total. The Kier molecular flexibility index (Phi) is 4.59. The molecule has 2 saturated heterocycles. The van der Waals surface area contributed by atoms with Crippen molar-refractivity contribution in [2.24, 2.45) is 5.92 Å². The third-order valence-corrected chi connectivity index (χ3v) is 4.72. The molecule has 3 rings (SSSR count). The first kappa shape index (κ1) is 15.9. The minimum Gasteiger partial charge on any atom is -0.342 e. The third-order valence-electron chi connectivity index (χ3n) is 4.72. The summed E-state index contributed by atoms with van der Waals surface area (Å²) >= 11 is 0. The van der Waals surface area contributed by atoms with Gasteiger partial charge in [0.1, 0.15) is 0 Å². The van der Waals surface area contributed by atoms with E-state index in [9.17, 15) is 18.4 Å². The van der Waals surface area contributed by atoms with Gasteiger partial charge in [0.15, 0.2) is 11.6 Å². The SMILES string of the molecule is O=C(c1ccc(F)c(F)c1)N1CCC(C(=O)N2CCCC2)CC1. The smallest absolute Gasteiger partial charge is 0.253 e. The molecular weight excluding hydrogens is 302 g/mol. The maximum atomic E-state index is 13.3. The lowest BCUT2D eigenvalue weighted by Gasteiger charge is -2.33. The van der Waals surface area contributed by atoms with Crippen LogP contribution in [0.15, 0.2) is 18.2 Å². The highest BCUT2D eigenvalue weighted by atomic mass is 19.2. The van der Waals surface area contributed by atoms with Crippen LogP contribution in [0.5, 0.6) is 0 Å². The molecular formula is C17H20F2N2O2. The van der Waals surface area contributed by atoms with Crippen molar-refractivity contribution in [3.05, 3.63) is 35.4 Å².